The number of rotatable bonds is 8. The Morgan fingerprint density at radius 1 is 1.05 bits per heavy atom. The van der Waals surface area contributed by atoms with E-state index in [1.54, 1.807) is 37.1 Å². The van der Waals surface area contributed by atoms with E-state index in [-0.39, 0.29) is 36.3 Å². The van der Waals surface area contributed by atoms with E-state index in [2.05, 4.69) is 38.2 Å². The summed E-state index contributed by atoms with van der Waals surface area (Å²) in [7, 11) is 1.71. The number of halogens is 2. The Morgan fingerprint density at radius 2 is 1.84 bits per heavy atom. The monoisotopic (exact) mass is 795 g/mol. The van der Waals surface area contributed by atoms with Gasteiger partial charge >= 0.3 is 0 Å². The molecule has 58 heavy (non-hydrogen) atoms. The smallest absolute Gasteiger partial charge is 0.280 e. The SMILES string of the molecule is CN/C1=C(\C=N)c2cc(cc(C)n2)C(=O)/N=C2\Nc3ccc(C(=O)N4CC[C@@H](NCCc5cc(F)c([C@H]6CCC(=O)NC6=O)c(F)c5)C4)cc3N2C[C@H](C)CCCO1. The van der Waals surface area contributed by atoms with Gasteiger partial charge in [-0.3, -0.25) is 29.5 Å². The summed E-state index contributed by atoms with van der Waals surface area (Å²) in [5.41, 5.74) is 3.79. The third-order valence-corrected chi connectivity index (χ3v) is 11.0. The first-order chi connectivity index (χ1) is 27.9. The molecule has 1 aromatic heterocycles. The normalized spacial score (nSPS) is 23.4. The molecule has 3 atom stereocenters. The molecule has 2 aromatic carbocycles. The van der Waals surface area contributed by atoms with Crippen LogP contribution in [0.1, 0.15) is 88.2 Å². The van der Waals surface area contributed by atoms with Crippen molar-refractivity contribution in [2.75, 3.05) is 50.1 Å². The maximum atomic E-state index is 15.0. The van der Waals surface area contributed by atoms with Crippen molar-refractivity contribution in [1.29, 1.82) is 5.41 Å². The van der Waals surface area contributed by atoms with Crippen molar-refractivity contribution in [3.8, 4) is 0 Å². The number of piperidine rings is 1. The molecule has 2 bridgehead atoms. The molecule has 4 aliphatic rings. The molecule has 0 spiro atoms. The Hall–Kier alpha value is -6.03. The van der Waals surface area contributed by atoms with Gasteiger partial charge in [0.25, 0.3) is 11.8 Å². The average molecular weight is 796 g/mol. The number of amides is 4. The van der Waals surface area contributed by atoms with E-state index in [0.717, 1.165) is 30.4 Å². The van der Waals surface area contributed by atoms with E-state index in [9.17, 15) is 19.2 Å². The molecule has 2 saturated heterocycles. The highest BCUT2D eigenvalue weighted by atomic mass is 19.1. The minimum atomic E-state index is -1.05. The van der Waals surface area contributed by atoms with Gasteiger partial charge in [0.1, 0.15) is 11.6 Å². The molecule has 2 fully saturated rings. The summed E-state index contributed by atoms with van der Waals surface area (Å²) >= 11 is 0. The fraction of sp³-hybridized carbons (Fsp3) is 0.405. The predicted molar refractivity (Wildman–Crippen MR) is 215 cm³/mol. The molecular formula is C42H47F2N9O5. The van der Waals surface area contributed by atoms with Crippen LogP contribution in [0.4, 0.5) is 20.2 Å². The molecule has 0 unspecified atom stereocenters. The summed E-state index contributed by atoms with van der Waals surface area (Å²) in [6.07, 6.45) is 3.80. The number of ether oxygens (including phenoxy) is 1. The van der Waals surface area contributed by atoms with Gasteiger partial charge in [-0.05, 0) is 99.5 Å². The number of nitrogens with one attached hydrogen (secondary N) is 5. The highest BCUT2D eigenvalue weighted by molar-refractivity contribution is 6.20. The fourth-order valence-electron chi connectivity index (χ4n) is 8.01. The predicted octanol–water partition coefficient (Wildman–Crippen LogP) is 4.65. The average Bonchev–Trinajstić information content (AvgIpc) is 3.79. The fourth-order valence-corrected chi connectivity index (χ4v) is 8.01. The summed E-state index contributed by atoms with van der Waals surface area (Å²) in [6.45, 7) is 6.21. The molecular weight excluding hydrogens is 749 g/mol. The molecule has 0 saturated carbocycles. The zero-order valence-corrected chi connectivity index (χ0v) is 32.7. The number of anilines is 2. The zero-order chi connectivity index (χ0) is 41.1. The number of fused-ring (bicyclic) bond motifs is 5. The minimum Gasteiger partial charge on any atom is -0.479 e. The second-order valence-electron chi connectivity index (χ2n) is 15.2. The number of hydrogen-bond donors (Lipinski definition) is 5. The van der Waals surface area contributed by atoms with Gasteiger partial charge in [-0.1, -0.05) is 6.92 Å². The third-order valence-electron chi connectivity index (χ3n) is 11.0. The Kier molecular flexibility index (Phi) is 11.9. The van der Waals surface area contributed by atoms with Crippen molar-refractivity contribution >= 4 is 52.8 Å². The van der Waals surface area contributed by atoms with Crippen LogP contribution in [0.2, 0.25) is 0 Å². The minimum absolute atomic E-state index is 0.0218. The van der Waals surface area contributed by atoms with Crippen molar-refractivity contribution in [3.63, 3.8) is 0 Å². The number of aromatic nitrogens is 1. The van der Waals surface area contributed by atoms with Crippen LogP contribution >= 0.6 is 0 Å². The van der Waals surface area contributed by atoms with Crippen LogP contribution in [0, 0.1) is 29.9 Å². The summed E-state index contributed by atoms with van der Waals surface area (Å²) in [4.78, 5) is 64.2. The van der Waals surface area contributed by atoms with E-state index in [4.69, 9.17) is 10.1 Å². The van der Waals surface area contributed by atoms with Crippen LogP contribution in [0.3, 0.4) is 0 Å². The Balaban J connectivity index is 1.03. The molecule has 5 heterocycles. The molecule has 5 N–H and O–H groups in total. The Labute approximate surface area is 335 Å². The molecule has 16 heteroatoms. The zero-order valence-electron chi connectivity index (χ0n) is 32.7. The van der Waals surface area contributed by atoms with Gasteiger partial charge in [-0.15, -0.1) is 0 Å². The van der Waals surface area contributed by atoms with Crippen LogP contribution < -0.4 is 26.2 Å². The van der Waals surface area contributed by atoms with Gasteiger partial charge in [0.2, 0.25) is 17.8 Å². The van der Waals surface area contributed by atoms with Gasteiger partial charge < -0.3 is 35.9 Å². The summed E-state index contributed by atoms with van der Waals surface area (Å²) < 4.78 is 36.1. The Morgan fingerprint density at radius 3 is 2.59 bits per heavy atom. The van der Waals surface area contributed by atoms with E-state index >= 15 is 8.78 Å². The standard InChI is InChI=1S/C42H47F2N9O5/c1-23-5-4-14-58-40(46-3)30(20-45)34-18-27(15-24(2)48-34)38(55)51-42-49-33-8-6-26(19-35(33)53(42)21-23)41(57)52-13-11-28(22-52)47-12-10-25-16-31(43)37(32(44)17-25)29-7-9-36(54)50-39(29)56/h6,8,15-20,23,28-29,45-47H,4-5,7,9-14,21-22H2,1-3H3,(H,49,51,55)(H,50,54,56)/b40-30-,45-20?/t23-,28-,29-/m1/s1. The number of imide groups is 1. The molecule has 3 aromatic rings. The third kappa shape index (κ3) is 8.61. The molecule has 14 nitrogen and oxygen atoms in total. The van der Waals surface area contributed by atoms with Gasteiger partial charge in [0.15, 0.2) is 5.88 Å². The first kappa shape index (κ1) is 40.2. The van der Waals surface area contributed by atoms with Crippen LogP contribution in [-0.4, -0.2) is 91.6 Å². The largest absolute Gasteiger partial charge is 0.479 e. The van der Waals surface area contributed by atoms with E-state index in [0.29, 0.717) is 91.1 Å². The second-order valence-corrected chi connectivity index (χ2v) is 15.2. The molecule has 4 amide bonds. The first-order valence-corrected chi connectivity index (χ1v) is 19.6. The van der Waals surface area contributed by atoms with Crippen molar-refractivity contribution in [2.24, 2.45) is 10.9 Å². The number of hydrogen-bond acceptors (Lipinski definition) is 11. The summed E-state index contributed by atoms with van der Waals surface area (Å²) in [5.74, 6) is -3.53. The number of nitrogens with zero attached hydrogens (tertiary/aromatic N) is 4. The lowest BCUT2D eigenvalue weighted by Crippen LogP contribution is -2.40. The number of benzene rings is 2. The lowest BCUT2D eigenvalue weighted by Gasteiger charge is -2.24. The van der Waals surface area contributed by atoms with Crippen LogP contribution in [-0.2, 0) is 20.7 Å². The van der Waals surface area contributed by atoms with Crippen molar-refractivity contribution in [3.05, 3.63) is 93.6 Å². The van der Waals surface area contributed by atoms with Crippen molar-refractivity contribution in [1.82, 2.24) is 25.8 Å². The lowest BCUT2D eigenvalue weighted by atomic mass is 9.89. The number of allylic oxidation sites excluding steroid dienone is 1. The maximum Gasteiger partial charge on any atom is 0.280 e. The van der Waals surface area contributed by atoms with E-state index in [1.165, 1.54) is 12.1 Å². The molecule has 0 radical (unpaired) electrons. The lowest BCUT2D eigenvalue weighted by molar-refractivity contribution is -0.134. The van der Waals surface area contributed by atoms with Crippen LogP contribution in [0.5, 0.6) is 0 Å². The number of likely N-dealkylation sites (tertiary alicyclic amines) is 1. The van der Waals surface area contributed by atoms with Gasteiger partial charge in [-0.25, -0.2) is 8.78 Å². The van der Waals surface area contributed by atoms with Gasteiger partial charge in [-0.2, -0.15) is 4.99 Å². The second kappa shape index (κ2) is 17.2. The van der Waals surface area contributed by atoms with Crippen molar-refractivity contribution in [2.45, 2.75) is 64.3 Å². The molecule has 7 rings (SSSR count). The maximum absolute atomic E-state index is 15.0. The van der Waals surface area contributed by atoms with Gasteiger partial charge in [0.05, 0.1) is 35.2 Å². The number of guanidine groups is 1. The number of carbonyl (C=O) groups is 4. The number of aryl methyl sites for hydroxylation is 1. The quantitative estimate of drug-likeness (QED) is 0.159. The summed E-state index contributed by atoms with van der Waals surface area (Å²) in [5, 5.41) is 19.9. The highest BCUT2D eigenvalue weighted by Gasteiger charge is 2.34. The van der Waals surface area contributed by atoms with Gasteiger partial charge in [0, 0.05) is 67.7 Å². The van der Waals surface area contributed by atoms with E-state index in [1.807, 2.05) is 17.0 Å². The molecule has 4 aliphatic heterocycles. The van der Waals surface area contributed by atoms with E-state index < -0.39 is 35.3 Å². The first-order valence-electron chi connectivity index (χ1n) is 19.6. The van der Waals surface area contributed by atoms with Crippen molar-refractivity contribution < 1.29 is 32.7 Å². The molecule has 304 valence electrons. The number of aliphatic imine (C=N–C) groups is 1. The highest BCUT2D eigenvalue weighted by Crippen LogP contribution is 2.36. The van der Waals surface area contributed by atoms with Crippen LogP contribution in [0.25, 0.3) is 5.57 Å². The number of carbonyl (C=O) groups excluding carboxylic acids is 4. The topological polar surface area (TPSA) is 181 Å². The van der Waals surface area contributed by atoms with Crippen LogP contribution in [0.15, 0.2) is 53.3 Å². The summed E-state index contributed by atoms with van der Waals surface area (Å²) in [6, 6.07) is 11.1. The number of pyridine rings is 1. The molecule has 0 aliphatic carbocycles. The Bertz CT molecular complexity index is 2200.